The first-order valence-corrected chi connectivity index (χ1v) is 6.57. The summed E-state index contributed by atoms with van der Waals surface area (Å²) in [5.74, 6) is -0.168. The molecule has 2 rings (SSSR count). The summed E-state index contributed by atoms with van der Waals surface area (Å²) in [7, 11) is 0. The van der Waals surface area contributed by atoms with Gasteiger partial charge in [-0.15, -0.1) is 0 Å². The summed E-state index contributed by atoms with van der Waals surface area (Å²) >= 11 is 9.40. The summed E-state index contributed by atoms with van der Waals surface area (Å²) < 4.78 is 0.938. The summed E-state index contributed by atoms with van der Waals surface area (Å²) in [4.78, 5) is 12.0. The third-order valence-corrected chi connectivity index (χ3v) is 3.41. The number of nitrogens with one attached hydrogen (secondary N) is 1. The molecule has 0 aliphatic carbocycles. The number of carbonyl (C=O) groups excluding carboxylic acids is 1. The number of hydrogen-bond acceptors (Lipinski definition) is 1. The van der Waals surface area contributed by atoms with E-state index in [9.17, 15) is 4.79 Å². The van der Waals surface area contributed by atoms with E-state index in [0.717, 1.165) is 10.0 Å². The molecule has 0 spiro atoms. The number of hydrogen-bond donors (Lipinski definition) is 1. The highest BCUT2D eigenvalue weighted by Gasteiger charge is 2.09. The van der Waals surface area contributed by atoms with Crippen LogP contribution in [-0.4, -0.2) is 5.91 Å². The van der Waals surface area contributed by atoms with Crippen molar-refractivity contribution >= 4 is 39.1 Å². The Morgan fingerprint density at radius 1 is 1.17 bits per heavy atom. The van der Waals surface area contributed by atoms with Gasteiger partial charge in [-0.2, -0.15) is 0 Å². The van der Waals surface area contributed by atoms with Crippen molar-refractivity contribution in [1.29, 1.82) is 0 Å². The summed E-state index contributed by atoms with van der Waals surface area (Å²) in [6.07, 6.45) is 0. The van der Waals surface area contributed by atoms with Gasteiger partial charge < -0.3 is 5.32 Å². The van der Waals surface area contributed by atoms with Crippen LogP contribution in [0.2, 0.25) is 5.02 Å². The minimum Gasteiger partial charge on any atom is -0.320 e. The smallest absolute Gasteiger partial charge is 0.255 e. The van der Waals surface area contributed by atoms with Crippen LogP contribution in [0.5, 0.6) is 0 Å². The zero-order valence-corrected chi connectivity index (χ0v) is 12.0. The fourth-order valence-electron chi connectivity index (χ4n) is 1.58. The van der Waals surface area contributed by atoms with Crippen LogP contribution in [0.1, 0.15) is 15.9 Å². The van der Waals surface area contributed by atoms with Crippen molar-refractivity contribution in [2.24, 2.45) is 0 Å². The Morgan fingerprint density at radius 2 is 1.83 bits per heavy atom. The molecule has 0 fully saturated rings. The van der Waals surface area contributed by atoms with E-state index in [1.165, 1.54) is 0 Å². The molecule has 18 heavy (non-hydrogen) atoms. The van der Waals surface area contributed by atoms with Gasteiger partial charge in [-0.3, -0.25) is 4.79 Å². The van der Waals surface area contributed by atoms with Gasteiger partial charge in [0.15, 0.2) is 0 Å². The molecule has 4 heteroatoms. The van der Waals surface area contributed by atoms with E-state index in [2.05, 4.69) is 21.2 Å². The van der Waals surface area contributed by atoms with Gasteiger partial charge in [0.2, 0.25) is 0 Å². The topological polar surface area (TPSA) is 29.1 Å². The number of anilines is 1. The monoisotopic (exact) mass is 323 g/mol. The predicted molar refractivity (Wildman–Crippen MR) is 78.3 cm³/mol. The minimum absolute atomic E-state index is 0.168. The van der Waals surface area contributed by atoms with Gasteiger partial charge in [-0.05, 0) is 42.8 Å². The molecule has 2 nitrogen and oxygen atoms in total. The molecule has 0 saturated heterocycles. The Kier molecular flexibility index (Phi) is 4.04. The molecule has 0 heterocycles. The lowest BCUT2D eigenvalue weighted by molar-refractivity contribution is 0.102. The second-order valence-corrected chi connectivity index (χ2v) is 5.22. The second kappa shape index (κ2) is 5.55. The number of rotatable bonds is 2. The molecule has 2 aromatic carbocycles. The minimum atomic E-state index is -0.168. The van der Waals surface area contributed by atoms with E-state index in [0.29, 0.717) is 16.3 Å². The maximum absolute atomic E-state index is 12.0. The molecule has 0 saturated carbocycles. The van der Waals surface area contributed by atoms with Crippen molar-refractivity contribution in [3.8, 4) is 0 Å². The molecule has 1 N–H and O–H groups in total. The Balaban J connectivity index is 2.24. The first-order chi connectivity index (χ1) is 8.58. The van der Waals surface area contributed by atoms with Crippen LogP contribution in [0, 0.1) is 6.92 Å². The summed E-state index contributed by atoms with van der Waals surface area (Å²) in [5.41, 5.74) is 2.19. The van der Waals surface area contributed by atoms with Crippen LogP contribution in [0.4, 0.5) is 5.69 Å². The van der Waals surface area contributed by atoms with Crippen LogP contribution >= 0.6 is 27.5 Å². The standard InChI is InChI=1S/C14H11BrClNO/c1-9-3-2-4-12(16)13(9)17-14(18)10-5-7-11(15)8-6-10/h2-8H,1H3,(H,17,18). The Hall–Kier alpha value is -1.32. The lowest BCUT2D eigenvalue weighted by Crippen LogP contribution is -2.12. The molecular formula is C14H11BrClNO. The number of para-hydroxylation sites is 1. The average molecular weight is 325 g/mol. The molecule has 0 atom stereocenters. The molecule has 0 aliphatic rings. The van der Waals surface area contributed by atoms with Crippen molar-refractivity contribution in [2.45, 2.75) is 6.92 Å². The van der Waals surface area contributed by atoms with Crippen molar-refractivity contribution in [1.82, 2.24) is 0 Å². The molecule has 2 aromatic rings. The Labute approximate surface area is 119 Å². The van der Waals surface area contributed by atoms with E-state index < -0.39 is 0 Å². The van der Waals surface area contributed by atoms with Crippen molar-refractivity contribution < 1.29 is 4.79 Å². The molecule has 0 unspecified atom stereocenters. The number of benzene rings is 2. The maximum Gasteiger partial charge on any atom is 0.255 e. The summed E-state index contributed by atoms with van der Waals surface area (Å²) in [6.45, 7) is 1.91. The zero-order valence-electron chi connectivity index (χ0n) is 9.71. The zero-order chi connectivity index (χ0) is 13.1. The van der Waals surface area contributed by atoms with E-state index in [1.54, 1.807) is 18.2 Å². The van der Waals surface area contributed by atoms with Crippen LogP contribution in [0.25, 0.3) is 0 Å². The Bertz CT molecular complexity index is 561. The third-order valence-electron chi connectivity index (χ3n) is 2.57. The number of carbonyl (C=O) groups is 1. The van der Waals surface area contributed by atoms with Crippen molar-refractivity contribution in [3.05, 3.63) is 63.1 Å². The molecule has 0 aliphatic heterocycles. The third kappa shape index (κ3) is 2.92. The molecule has 1 amide bonds. The van der Waals surface area contributed by atoms with Crippen LogP contribution < -0.4 is 5.32 Å². The normalized spacial score (nSPS) is 10.2. The van der Waals surface area contributed by atoms with Crippen LogP contribution in [-0.2, 0) is 0 Å². The highest BCUT2D eigenvalue weighted by Crippen LogP contribution is 2.25. The largest absolute Gasteiger partial charge is 0.320 e. The number of amides is 1. The highest BCUT2D eigenvalue weighted by atomic mass is 79.9. The molecule has 0 aromatic heterocycles. The average Bonchev–Trinajstić information content (AvgIpc) is 2.34. The van der Waals surface area contributed by atoms with E-state index in [-0.39, 0.29) is 5.91 Å². The van der Waals surface area contributed by atoms with Crippen LogP contribution in [0.3, 0.4) is 0 Å². The van der Waals surface area contributed by atoms with E-state index in [1.807, 2.05) is 31.2 Å². The quantitative estimate of drug-likeness (QED) is 0.855. The van der Waals surface area contributed by atoms with E-state index in [4.69, 9.17) is 11.6 Å². The Morgan fingerprint density at radius 3 is 2.44 bits per heavy atom. The van der Waals surface area contributed by atoms with E-state index >= 15 is 0 Å². The lowest BCUT2D eigenvalue weighted by atomic mass is 10.1. The highest BCUT2D eigenvalue weighted by molar-refractivity contribution is 9.10. The lowest BCUT2D eigenvalue weighted by Gasteiger charge is -2.10. The molecule has 0 radical (unpaired) electrons. The first-order valence-electron chi connectivity index (χ1n) is 5.40. The fraction of sp³-hybridized carbons (Fsp3) is 0.0714. The molecular weight excluding hydrogens is 314 g/mol. The van der Waals surface area contributed by atoms with Crippen LogP contribution in [0.15, 0.2) is 46.9 Å². The maximum atomic E-state index is 12.0. The van der Waals surface area contributed by atoms with Gasteiger partial charge >= 0.3 is 0 Å². The fourth-order valence-corrected chi connectivity index (χ4v) is 2.11. The van der Waals surface area contributed by atoms with Crippen molar-refractivity contribution in [2.75, 3.05) is 5.32 Å². The predicted octanol–water partition coefficient (Wildman–Crippen LogP) is 4.66. The van der Waals surface area contributed by atoms with Gasteiger partial charge in [0.25, 0.3) is 5.91 Å². The van der Waals surface area contributed by atoms with Gasteiger partial charge in [-0.25, -0.2) is 0 Å². The second-order valence-electron chi connectivity index (χ2n) is 3.89. The molecule has 92 valence electrons. The summed E-state index contributed by atoms with van der Waals surface area (Å²) in [5, 5.41) is 3.37. The summed E-state index contributed by atoms with van der Waals surface area (Å²) in [6, 6.07) is 12.7. The SMILES string of the molecule is Cc1cccc(Cl)c1NC(=O)c1ccc(Br)cc1. The van der Waals surface area contributed by atoms with Crippen molar-refractivity contribution in [3.63, 3.8) is 0 Å². The van der Waals surface area contributed by atoms with Gasteiger partial charge in [0.1, 0.15) is 0 Å². The number of aryl methyl sites for hydroxylation is 1. The van der Waals surface area contributed by atoms with Gasteiger partial charge in [-0.1, -0.05) is 39.7 Å². The molecule has 0 bridgehead atoms. The first kappa shape index (κ1) is 13.1. The van der Waals surface area contributed by atoms with Gasteiger partial charge in [0.05, 0.1) is 10.7 Å². The van der Waals surface area contributed by atoms with Gasteiger partial charge in [0, 0.05) is 10.0 Å². The number of halogens is 2.